The third-order valence-corrected chi connectivity index (χ3v) is 3.48. The summed E-state index contributed by atoms with van der Waals surface area (Å²) in [4.78, 5) is 12.1. The average Bonchev–Trinajstić information content (AvgIpc) is 2.48. The molecule has 0 heterocycles. The highest BCUT2D eigenvalue weighted by Gasteiger charge is 2.15. The highest BCUT2D eigenvalue weighted by molar-refractivity contribution is 9.10. The molecule has 20 heavy (non-hydrogen) atoms. The molecule has 0 radical (unpaired) electrons. The third kappa shape index (κ3) is 3.43. The molecule has 0 spiro atoms. The van der Waals surface area contributed by atoms with Crippen LogP contribution in [-0.2, 0) is 0 Å². The first-order chi connectivity index (χ1) is 9.61. The number of aliphatic hydroxyl groups excluding tert-OH is 1. The molecular formula is C15H13BrFNO2. The largest absolute Gasteiger partial charge is 0.394 e. The van der Waals surface area contributed by atoms with Gasteiger partial charge in [-0.15, -0.1) is 0 Å². The number of hydrogen-bond acceptors (Lipinski definition) is 2. The molecule has 0 saturated carbocycles. The lowest BCUT2D eigenvalue weighted by molar-refractivity contribution is 0.0916. The Balaban J connectivity index is 2.15. The molecule has 2 aromatic rings. The Morgan fingerprint density at radius 2 is 1.95 bits per heavy atom. The van der Waals surface area contributed by atoms with Crippen molar-refractivity contribution >= 4 is 21.8 Å². The van der Waals surface area contributed by atoms with Crippen molar-refractivity contribution in [2.75, 3.05) is 6.61 Å². The monoisotopic (exact) mass is 337 g/mol. The molecule has 0 aliphatic heterocycles. The van der Waals surface area contributed by atoms with Crippen LogP contribution in [0.2, 0.25) is 0 Å². The number of nitrogens with one attached hydrogen (secondary N) is 1. The summed E-state index contributed by atoms with van der Waals surface area (Å²) in [6.45, 7) is -0.210. The number of benzene rings is 2. The van der Waals surface area contributed by atoms with Gasteiger partial charge >= 0.3 is 0 Å². The molecule has 2 rings (SSSR count). The van der Waals surface area contributed by atoms with Crippen molar-refractivity contribution < 1.29 is 14.3 Å². The first-order valence-electron chi connectivity index (χ1n) is 6.03. The van der Waals surface area contributed by atoms with Gasteiger partial charge in [-0.3, -0.25) is 4.79 Å². The molecule has 0 aliphatic rings. The molecule has 0 aliphatic carbocycles. The Morgan fingerprint density at radius 3 is 2.55 bits per heavy atom. The van der Waals surface area contributed by atoms with Crippen LogP contribution in [0.5, 0.6) is 0 Å². The molecule has 5 heteroatoms. The molecular weight excluding hydrogens is 325 g/mol. The van der Waals surface area contributed by atoms with E-state index in [-0.39, 0.29) is 17.0 Å². The maximum atomic E-state index is 13.1. The molecule has 1 amide bonds. The Kier molecular flexibility index (Phi) is 4.87. The molecule has 1 atom stereocenters. The van der Waals surface area contributed by atoms with Crippen LogP contribution in [-0.4, -0.2) is 17.6 Å². The van der Waals surface area contributed by atoms with Gasteiger partial charge in [0, 0.05) is 5.56 Å². The van der Waals surface area contributed by atoms with Crippen LogP contribution in [0.25, 0.3) is 0 Å². The SMILES string of the molecule is O=C(N[C@H](CO)c1ccccc1)c1ccc(F)c(Br)c1. The quantitative estimate of drug-likeness (QED) is 0.900. The van der Waals surface area contributed by atoms with E-state index in [1.807, 2.05) is 30.3 Å². The molecule has 0 fully saturated rings. The van der Waals surface area contributed by atoms with E-state index >= 15 is 0 Å². The van der Waals surface area contributed by atoms with Gasteiger partial charge in [0.1, 0.15) is 5.82 Å². The predicted molar refractivity (Wildman–Crippen MR) is 77.8 cm³/mol. The molecule has 104 valence electrons. The molecule has 2 aromatic carbocycles. The second-order valence-corrected chi connectivity index (χ2v) is 5.10. The van der Waals surface area contributed by atoms with Crippen LogP contribution < -0.4 is 5.32 Å². The fourth-order valence-electron chi connectivity index (χ4n) is 1.80. The summed E-state index contributed by atoms with van der Waals surface area (Å²) in [6.07, 6.45) is 0. The minimum Gasteiger partial charge on any atom is -0.394 e. The van der Waals surface area contributed by atoms with Crippen LogP contribution in [0.4, 0.5) is 4.39 Å². The van der Waals surface area contributed by atoms with E-state index in [1.165, 1.54) is 18.2 Å². The topological polar surface area (TPSA) is 49.3 Å². The van der Waals surface area contributed by atoms with Crippen LogP contribution in [0.15, 0.2) is 53.0 Å². The van der Waals surface area contributed by atoms with Crippen molar-refractivity contribution in [3.8, 4) is 0 Å². The summed E-state index contributed by atoms with van der Waals surface area (Å²) in [7, 11) is 0. The minimum absolute atomic E-state index is 0.210. The van der Waals surface area contributed by atoms with Crippen molar-refractivity contribution in [1.29, 1.82) is 0 Å². The number of amides is 1. The van der Waals surface area contributed by atoms with Gasteiger partial charge in [0.15, 0.2) is 0 Å². The predicted octanol–water partition coefficient (Wildman–Crippen LogP) is 3.05. The lowest BCUT2D eigenvalue weighted by Crippen LogP contribution is -2.30. The second kappa shape index (κ2) is 6.63. The van der Waals surface area contributed by atoms with Gasteiger partial charge < -0.3 is 10.4 Å². The summed E-state index contributed by atoms with van der Waals surface area (Å²) in [5.74, 6) is -0.795. The minimum atomic E-state index is -0.493. The zero-order valence-electron chi connectivity index (χ0n) is 10.5. The molecule has 0 saturated heterocycles. The Hall–Kier alpha value is -1.72. The van der Waals surface area contributed by atoms with Crippen molar-refractivity contribution in [2.45, 2.75) is 6.04 Å². The van der Waals surface area contributed by atoms with Crippen molar-refractivity contribution in [3.63, 3.8) is 0 Å². The zero-order chi connectivity index (χ0) is 14.5. The normalized spacial score (nSPS) is 11.9. The number of halogens is 2. The highest BCUT2D eigenvalue weighted by atomic mass is 79.9. The molecule has 0 aromatic heterocycles. The van der Waals surface area contributed by atoms with E-state index in [0.717, 1.165) is 5.56 Å². The van der Waals surface area contributed by atoms with E-state index in [0.29, 0.717) is 5.56 Å². The van der Waals surface area contributed by atoms with Gasteiger partial charge in [-0.25, -0.2) is 4.39 Å². The van der Waals surface area contributed by atoms with Crippen LogP contribution in [0, 0.1) is 5.82 Å². The summed E-state index contributed by atoms with van der Waals surface area (Å²) in [5.41, 5.74) is 1.14. The number of carbonyl (C=O) groups is 1. The summed E-state index contributed by atoms with van der Waals surface area (Å²) >= 11 is 3.04. The van der Waals surface area contributed by atoms with Crippen molar-refractivity contribution in [2.24, 2.45) is 0 Å². The van der Waals surface area contributed by atoms with E-state index in [9.17, 15) is 14.3 Å². The fraction of sp³-hybridized carbons (Fsp3) is 0.133. The number of carbonyl (C=O) groups excluding carboxylic acids is 1. The van der Waals surface area contributed by atoms with Gasteiger partial charge in [0.05, 0.1) is 17.1 Å². The Bertz CT molecular complexity index is 604. The lowest BCUT2D eigenvalue weighted by atomic mass is 10.1. The van der Waals surface area contributed by atoms with Gasteiger partial charge in [0.2, 0.25) is 0 Å². The van der Waals surface area contributed by atoms with Crippen LogP contribution in [0.3, 0.4) is 0 Å². The first-order valence-corrected chi connectivity index (χ1v) is 6.83. The number of rotatable bonds is 4. The van der Waals surface area contributed by atoms with Gasteiger partial charge in [0.25, 0.3) is 5.91 Å². The number of hydrogen-bond donors (Lipinski definition) is 2. The van der Waals surface area contributed by atoms with E-state index in [1.54, 1.807) is 0 Å². The molecule has 2 N–H and O–H groups in total. The second-order valence-electron chi connectivity index (χ2n) is 4.25. The molecule has 3 nitrogen and oxygen atoms in total. The lowest BCUT2D eigenvalue weighted by Gasteiger charge is -2.16. The maximum Gasteiger partial charge on any atom is 0.251 e. The van der Waals surface area contributed by atoms with Gasteiger partial charge in [-0.1, -0.05) is 30.3 Å². The Morgan fingerprint density at radius 1 is 1.25 bits per heavy atom. The van der Waals surface area contributed by atoms with Gasteiger partial charge in [-0.05, 0) is 39.7 Å². The summed E-state index contributed by atoms with van der Waals surface area (Å²) in [5, 5.41) is 12.1. The highest BCUT2D eigenvalue weighted by Crippen LogP contribution is 2.18. The first kappa shape index (κ1) is 14.7. The van der Waals surface area contributed by atoms with E-state index in [2.05, 4.69) is 21.2 Å². The van der Waals surface area contributed by atoms with Crippen molar-refractivity contribution in [3.05, 3.63) is 69.9 Å². The smallest absolute Gasteiger partial charge is 0.251 e. The van der Waals surface area contributed by atoms with Crippen molar-refractivity contribution in [1.82, 2.24) is 5.32 Å². The van der Waals surface area contributed by atoms with Gasteiger partial charge in [-0.2, -0.15) is 0 Å². The van der Waals surface area contributed by atoms with Crippen LogP contribution in [0.1, 0.15) is 22.0 Å². The maximum absolute atomic E-state index is 13.1. The van der Waals surface area contributed by atoms with E-state index < -0.39 is 11.9 Å². The zero-order valence-corrected chi connectivity index (χ0v) is 12.1. The number of aliphatic hydroxyl groups is 1. The third-order valence-electron chi connectivity index (χ3n) is 2.87. The fourth-order valence-corrected chi connectivity index (χ4v) is 2.18. The molecule has 0 bridgehead atoms. The molecule has 0 unspecified atom stereocenters. The summed E-state index contributed by atoms with van der Waals surface area (Å²) in [6, 6.07) is 12.7. The summed E-state index contributed by atoms with van der Waals surface area (Å²) < 4.78 is 13.4. The standard InChI is InChI=1S/C15H13BrFNO2/c16-12-8-11(6-7-13(12)17)15(20)18-14(9-19)10-4-2-1-3-5-10/h1-8,14,19H,9H2,(H,18,20)/t14-/m1/s1. The Labute approximate surface area is 124 Å². The van der Waals surface area contributed by atoms with E-state index in [4.69, 9.17) is 0 Å². The van der Waals surface area contributed by atoms with Crippen LogP contribution >= 0.6 is 15.9 Å². The average molecular weight is 338 g/mol.